The van der Waals surface area contributed by atoms with E-state index in [4.69, 9.17) is 13.9 Å². The van der Waals surface area contributed by atoms with Crippen LogP contribution in [0.4, 0.5) is 0 Å². The lowest BCUT2D eigenvalue weighted by Gasteiger charge is -2.07. The molecule has 0 spiro atoms. The Kier molecular flexibility index (Phi) is 3.57. The summed E-state index contributed by atoms with van der Waals surface area (Å²) in [7, 11) is 3.34. The van der Waals surface area contributed by atoms with Gasteiger partial charge in [-0.3, -0.25) is 0 Å². The zero-order valence-electron chi connectivity index (χ0n) is 12.5. The lowest BCUT2D eigenvalue weighted by atomic mass is 10.0. The molecule has 0 fully saturated rings. The first-order valence-electron chi connectivity index (χ1n) is 7.01. The highest BCUT2D eigenvalue weighted by atomic mass is 16.5. The summed E-state index contributed by atoms with van der Waals surface area (Å²) < 4.78 is 16.8. The van der Waals surface area contributed by atoms with Crippen LogP contribution in [-0.2, 0) is 6.42 Å². The Bertz CT molecular complexity index is 771. The van der Waals surface area contributed by atoms with E-state index in [0.717, 1.165) is 40.2 Å². The second-order valence-corrected chi connectivity index (χ2v) is 4.83. The third-order valence-corrected chi connectivity index (χ3v) is 3.71. The van der Waals surface area contributed by atoms with E-state index >= 15 is 0 Å². The molecule has 0 aliphatic heterocycles. The number of aryl methyl sites for hydroxylation is 1. The molecule has 0 saturated heterocycles. The number of rotatable bonds is 4. The van der Waals surface area contributed by atoms with Crippen molar-refractivity contribution in [3.63, 3.8) is 0 Å². The van der Waals surface area contributed by atoms with Crippen molar-refractivity contribution in [1.29, 1.82) is 0 Å². The van der Waals surface area contributed by atoms with Crippen molar-refractivity contribution >= 4 is 11.0 Å². The maximum absolute atomic E-state index is 6.10. The van der Waals surface area contributed by atoms with E-state index < -0.39 is 0 Å². The second-order valence-electron chi connectivity index (χ2n) is 4.83. The Balaban J connectivity index is 2.26. The molecule has 0 N–H and O–H groups in total. The molecule has 0 saturated carbocycles. The summed E-state index contributed by atoms with van der Waals surface area (Å²) in [5.74, 6) is 2.49. The number of fused-ring (bicyclic) bond motifs is 1. The Morgan fingerprint density at radius 3 is 2.52 bits per heavy atom. The molecule has 0 aliphatic rings. The highest BCUT2D eigenvalue weighted by molar-refractivity contribution is 5.89. The normalized spacial score (nSPS) is 10.8. The summed E-state index contributed by atoms with van der Waals surface area (Å²) in [6.45, 7) is 2.13. The van der Waals surface area contributed by atoms with Crippen molar-refractivity contribution in [3.05, 3.63) is 48.0 Å². The van der Waals surface area contributed by atoms with Crippen molar-refractivity contribution in [1.82, 2.24) is 0 Å². The van der Waals surface area contributed by atoms with Crippen LogP contribution in [0.2, 0.25) is 0 Å². The predicted molar refractivity (Wildman–Crippen MR) is 84.1 cm³/mol. The van der Waals surface area contributed by atoms with Crippen LogP contribution in [0.1, 0.15) is 12.5 Å². The number of hydrogen-bond acceptors (Lipinski definition) is 3. The van der Waals surface area contributed by atoms with Crippen molar-refractivity contribution in [2.24, 2.45) is 0 Å². The van der Waals surface area contributed by atoms with Gasteiger partial charge in [0.15, 0.2) is 0 Å². The lowest BCUT2D eigenvalue weighted by molar-refractivity contribution is 0.413. The van der Waals surface area contributed by atoms with Gasteiger partial charge < -0.3 is 13.9 Å². The van der Waals surface area contributed by atoms with Gasteiger partial charge in [0.2, 0.25) is 0 Å². The summed E-state index contributed by atoms with van der Waals surface area (Å²) in [4.78, 5) is 0. The molecular weight excluding hydrogens is 264 g/mol. The van der Waals surface area contributed by atoms with E-state index in [0.29, 0.717) is 0 Å². The number of para-hydroxylation sites is 1. The van der Waals surface area contributed by atoms with Gasteiger partial charge in [0.25, 0.3) is 0 Å². The maximum atomic E-state index is 6.10. The summed E-state index contributed by atoms with van der Waals surface area (Å²) in [6, 6.07) is 13.9. The molecule has 108 valence electrons. The van der Waals surface area contributed by atoms with Gasteiger partial charge >= 0.3 is 0 Å². The minimum Gasteiger partial charge on any atom is -0.497 e. The third-order valence-electron chi connectivity index (χ3n) is 3.71. The SMILES string of the molecule is CCc1c(-c2ccccc2OC)oc2cc(OC)ccc12. The standard InChI is InChI=1S/C18H18O3/c1-4-13-14-10-9-12(19-2)11-17(14)21-18(13)15-7-5-6-8-16(15)20-3/h5-11H,4H2,1-3H3. The van der Waals surface area contributed by atoms with E-state index in [-0.39, 0.29) is 0 Å². The molecule has 0 atom stereocenters. The second kappa shape index (κ2) is 5.52. The highest BCUT2D eigenvalue weighted by Crippen LogP contribution is 2.39. The molecular formula is C18H18O3. The number of ether oxygens (including phenoxy) is 2. The molecule has 0 unspecified atom stereocenters. The fraction of sp³-hybridized carbons (Fsp3) is 0.222. The van der Waals surface area contributed by atoms with E-state index in [1.165, 1.54) is 5.56 Å². The molecule has 0 bridgehead atoms. The van der Waals surface area contributed by atoms with Crippen LogP contribution in [0.3, 0.4) is 0 Å². The number of benzene rings is 2. The molecule has 2 aromatic carbocycles. The zero-order chi connectivity index (χ0) is 14.8. The summed E-state index contributed by atoms with van der Waals surface area (Å²) in [6.07, 6.45) is 0.896. The van der Waals surface area contributed by atoms with E-state index in [1.807, 2.05) is 36.4 Å². The van der Waals surface area contributed by atoms with Gasteiger partial charge in [-0.2, -0.15) is 0 Å². The highest BCUT2D eigenvalue weighted by Gasteiger charge is 2.17. The number of methoxy groups -OCH3 is 2. The van der Waals surface area contributed by atoms with Crippen LogP contribution in [0.25, 0.3) is 22.3 Å². The van der Waals surface area contributed by atoms with Gasteiger partial charge in [0.1, 0.15) is 22.8 Å². The van der Waals surface area contributed by atoms with E-state index in [2.05, 4.69) is 13.0 Å². The smallest absolute Gasteiger partial charge is 0.142 e. The van der Waals surface area contributed by atoms with Crippen LogP contribution >= 0.6 is 0 Å². The molecule has 3 aromatic rings. The molecule has 21 heavy (non-hydrogen) atoms. The Labute approximate surface area is 124 Å². The average molecular weight is 282 g/mol. The molecule has 0 aliphatic carbocycles. The lowest BCUT2D eigenvalue weighted by Crippen LogP contribution is -1.89. The van der Waals surface area contributed by atoms with E-state index in [9.17, 15) is 0 Å². The quantitative estimate of drug-likeness (QED) is 0.696. The van der Waals surface area contributed by atoms with Crippen molar-refractivity contribution in [2.45, 2.75) is 13.3 Å². The van der Waals surface area contributed by atoms with Crippen molar-refractivity contribution in [2.75, 3.05) is 14.2 Å². The molecule has 3 rings (SSSR count). The van der Waals surface area contributed by atoms with Gasteiger partial charge in [0.05, 0.1) is 19.8 Å². The average Bonchev–Trinajstić information content (AvgIpc) is 2.91. The van der Waals surface area contributed by atoms with Crippen molar-refractivity contribution < 1.29 is 13.9 Å². The fourth-order valence-electron chi connectivity index (χ4n) is 2.66. The molecule has 3 heteroatoms. The predicted octanol–water partition coefficient (Wildman–Crippen LogP) is 4.68. The van der Waals surface area contributed by atoms with Gasteiger partial charge in [-0.25, -0.2) is 0 Å². The maximum Gasteiger partial charge on any atom is 0.142 e. The van der Waals surface area contributed by atoms with Crippen LogP contribution < -0.4 is 9.47 Å². The summed E-state index contributed by atoms with van der Waals surface area (Å²) in [5.41, 5.74) is 3.01. The fourth-order valence-corrected chi connectivity index (χ4v) is 2.66. The van der Waals surface area contributed by atoms with Crippen LogP contribution in [0.15, 0.2) is 46.9 Å². The van der Waals surface area contributed by atoms with Gasteiger partial charge in [-0.1, -0.05) is 19.1 Å². The Hall–Kier alpha value is -2.42. The molecule has 1 aromatic heterocycles. The molecule has 0 amide bonds. The monoisotopic (exact) mass is 282 g/mol. The first-order valence-corrected chi connectivity index (χ1v) is 7.01. The Morgan fingerprint density at radius 1 is 1.00 bits per heavy atom. The van der Waals surface area contributed by atoms with Crippen LogP contribution in [0.5, 0.6) is 11.5 Å². The van der Waals surface area contributed by atoms with E-state index in [1.54, 1.807) is 14.2 Å². The minimum atomic E-state index is 0.797. The first kappa shape index (κ1) is 13.6. The van der Waals surface area contributed by atoms with Gasteiger partial charge in [0, 0.05) is 17.0 Å². The molecule has 0 radical (unpaired) electrons. The largest absolute Gasteiger partial charge is 0.497 e. The number of hydrogen-bond donors (Lipinski definition) is 0. The number of furan rings is 1. The van der Waals surface area contributed by atoms with Gasteiger partial charge in [-0.15, -0.1) is 0 Å². The van der Waals surface area contributed by atoms with Crippen LogP contribution in [-0.4, -0.2) is 14.2 Å². The third kappa shape index (κ3) is 2.25. The van der Waals surface area contributed by atoms with Gasteiger partial charge in [-0.05, 0) is 30.7 Å². The molecule has 1 heterocycles. The topological polar surface area (TPSA) is 31.6 Å². The summed E-state index contributed by atoms with van der Waals surface area (Å²) >= 11 is 0. The Morgan fingerprint density at radius 2 is 1.81 bits per heavy atom. The first-order chi connectivity index (χ1) is 10.3. The summed E-state index contributed by atoms with van der Waals surface area (Å²) in [5, 5.41) is 1.12. The minimum absolute atomic E-state index is 0.797. The molecule has 3 nitrogen and oxygen atoms in total. The van der Waals surface area contributed by atoms with Crippen molar-refractivity contribution in [3.8, 4) is 22.8 Å². The van der Waals surface area contributed by atoms with Crippen LogP contribution in [0, 0.1) is 0 Å². The zero-order valence-corrected chi connectivity index (χ0v) is 12.5.